The molecule has 0 aromatic heterocycles. The molecule has 1 heterocycles. The van der Waals surface area contributed by atoms with Gasteiger partial charge in [-0.1, -0.05) is 42.0 Å². The van der Waals surface area contributed by atoms with Gasteiger partial charge in [0.25, 0.3) is 5.91 Å². The van der Waals surface area contributed by atoms with Crippen molar-refractivity contribution < 1.29 is 24.4 Å². The minimum absolute atomic E-state index is 0.0131. The number of hydrogen-bond donors (Lipinski definition) is 1. The molecule has 1 atom stereocenters. The second kappa shape index (κ2) is 8.72. The van der Waals surface area contributed by atoms with E-state index >= 15 is 0 Å². The Bertz CT molecular complexity index is 1320. The molecule has 174 valence electrons. The smallest absolute Gasteiger partial charge is 0.311 e. The number of carbonyl (C=O) groups is 2. The van der Waals surface area contributed by atoms with E-state index in [0.29, 0.717) is 11.3 Å². The summed E-state index contributed by atoms with van der Waals surface area (Å²) in [6.45, 7) is 4.16. The molecular formula is C26H24N2O6. The van der Waals surface area contributed by atoms with Gasteiger partial charge >= 0.3 is 5.69 Å². The van der Waals surface area contributed by atoms with E-state index in [1.165, 1.54) is 24.1 Å². The molecule has 3 aromatic carbocycles. The maximum absolute atomic E-state index is 13.5. The van der Waals surface area contributed by atoms with Gasteiger partial charge in [0.2, 0.25) is 0 Å². The summed E-state index contributed by atoms with van der Waals surface area (Å²) >= 11 is 0. The predicted octanol–water partition coefficient (Wildman–Crippen LogP) is 4.23. The van der Waals surface area contributed by atoms with E-state index < -0.39 is 28.6 Å². The fourth-order valence-corrected chi connectivity index (χ4v) is 4.32. The van der Waals surface area contributed by atoms with Crippen LogP contribution in [0.15, 0.2) is 60.7 Å². The molecule has 0 spiro atoms. The molecule has 0 saturated heterocycles. The van der Waals surface area contributed by atoms with Crippen molar-refractivity contribution in [2.75, 3.05) is 12.0 Å². The number of Topliss-reactive ketones (excluding diaryl/α,β-unsaturated/α-hetero) is 1. The van der Waals surface area contributed by atoms with Gasteiger partial charge in [-0.05, 0) is 43.2 Å². The van der Waals surface area contributed by atoms with E-state index in [1.54, 1.807) is 24.3 Å². The fraction of sp³-hybridized carbons (Fsp3) is 0.231. The number of methoxy groups -OCH3 is 1. The number of nitrogens with zero attached hydrogens (tertiary/aromatic N) is 2. The number of ketones is 1. The van der Waals surface area contributed by atoms with Crippen LogP contribution < -0.4 is 9.64 Å². The normalized spacial score (nSPS) is 16.9. The van der Waals surface area contributed by atoms with Crippen LogP contribution in [-0.4, -0.2) is 28.8 Å². The highest BCUT2D eigenvalue weighted by atomic mass is 16.6. The van der Waals surface area contributed by atoms with Crippen LogP contribution in [0.3, 0.4) is 0 Å². The highest BCUT2D eigenvalue weighted by Gasteiger charge is 2.50. The van der Waals surface area contributed by atoms with Gasteiger partial charge in [-0.2, -0.15) is 0 Å². The van der Waals surface area contributed by atoms with Crippen molar-refractivity contribution in [1.82, 2.24) is 0 Å². The lowest BCUT2D eigenvalue weighted by molar-refractivity contribution is -0.385. The first-order valence-electron chi connectivity index (χ1n) is 10.7. The molecule has 1 amide bonds. The SMILES string of the molecule is COc1ccc(C(=O)C[C@]2(O)C(=O)N(Cc3cc(C)ccc3C)c3ccccc32)cc1[N+](=O)[O-]. The monoisotopic (exact) mass is 460 g/mol. The largest absolute Gasteiger partial charge is 0.490 e. The number of ether oxygens (including phenoxy) is 1. The van der Waals surface area contributed by atoms with Crippen molar-refractivity contribution in [1.29, 1.82) is 0 Å². The summed E-state index contributed by atoms with van der Waals surface area (Å²) in [7, 11) is 1.30. The van der Waals surface area contributed by atoms with E-state index in [9.17, 15) is 24.8 Å². The Balaban J connectivity index is 1.69. The van der Waals surface area contributed by atoms with E-state index in [2.05, 4.69) is 0 Å². The number of anilines is 1. The third kappa shape index (κ3) is 3.92. The van der Waals surface area contributed by atoms with Crippen molar-refractivity contribution in [2.24, 2.45) is 0 Å². The van der Waals surface area contributed by atoms with Crippen LogP contribution in [0.25, 0.3) is 0 Å². The van der Waals surface area contributed by atoms with Gasteiger partial charge in [-0.3, -0.25) is 19.7 Å². The minimum Gasteiger partial charge on any atom is -0.490 e. The summed E-state index contributed by atoms with van der Waals surface area (Å²) in [6, 6.07) is 16.6. The molecule has 8 heteroatoms. The van der Waals surface area contributed by atoms with Gasteiger partial charge in [0.1, 0.15) is 0 Å². The summed E-state index contributed by atoms with van der Waals surface area (Å²) in [6.07, 6.45) is -0.546. The maximum atomic E-state index is 13.5. The second-order valence-corrected chi connectivity index (χ2v) is 8.44. The highest BCUT2D eigenvalue weighted by molar-refractivity contribution is 6.10. The van der Waals surface area contributed by atoms with Gasteiger partial charge in [-0.25, -0.2) is 0 Å². The van der Waals surface area contributed by atoms with E-state index in [-0.39, 0.29) is 23.5 Å². The van der Waals surface area contributed by atoms with E-state index in [1.807, 2.05) is 32.0 Å². The molecule has 0 aliphatic carbocycles. The number of nitro benzene ring substituents is 1. The fourth-order valence-electron chi connectivity index (χ4n) is 4.32. The van der Waals surface area contributed by atoms with Gasteiger partial charge in [0, 0.05) is 17.2 Å². The molecule has 34 heavy (non-hydrogen) atoms. The first kappa shape index (κ1) is 23.1. The first-order chi connectivity index (χ1) is 16.2. The van der Waals surface area contributed by atoms with Crippen molar-refractivity contribution >= 4 is 23.1 Å². The van der Waals surface area contributed by atoms with Gasteiger partial charge in [-0.15, -0.1) is 0 Å². The van der Waals surface area contributed by atoms with E-state index in [0.717, 1.165) is 22.8 Å². The second-order valence-electron chi connectivity index (χ2n) is 8.44. The van der Waals surface area contributed by atoms with Crippen LogP contribution in [0.2, 0.25) is 0 Å². The Kier molecular flexibility index (Phi) is 5.93. The zero-order valence-corrected chi connectivity index (χ0v) is 19.1. The molecule has 0 unspecified atom stereocenters. The lowest BCUT2D eigenvalue weighted by Gasteiger charge is -2.23. The molecule has 0 saturated carbocycles. The van der Waals surface area contributed by atoms with Crippen LogP contribution in [0.1, 0.15) is 39.0 Å². The Morgan fingerprint density at radius 1 is 1.12 bits per heavy atom. The summed E-state index contributed by atoms with van der Waals surface area (Å²) in [5, 5.41) is 22.9. The number of para-hydroxylation sites is 1. The summed E-state index contributed by atoms with van der Waals surface area (Å²) in [5.41, 5.74) is 1.42. The molecule has 1 aliphatic heterocycles. The van der Waals surface area contributed by atoms with Crippen molar-refractivity contribution in [3.05, 3.63) is 98.6 Å². The predicted molar refractivity (Wildman–Crippen MR) is 126 cm³/mol. The molecule has 3 aromatic rings. The number of aliphatic hydroxyl groups is 1. The van der Waals surface area contributed by atoms with Crippen molar-refractivity contribution in [3.63, 3.8) is 0 Å². The van der Waals surface area contributed by atoms with E-state index in [4.69, 9.17) is 4.74 Å². The number of carbonyl (C=O) groups excluding carboxylic acids is 2. The molecule has 8 nitrogen and oxygen atoms in total. The quantitative estimate of drug-likeness (QED) is 0.321. The summed E-state index contributed by atoms with van der Waals surface area (Å²) in [4.78, 5) is 38.8. The molecule has 0 bridgehead atoms. The molecule has 1 N–H and O–H groups in total. The highest BCUT2D eigenvalue weighted by Crippen LogP contribution is 2.44. The summed E-state index contributed by atoms with van der Waals surface area (Å²) < 4.78 is 4.98. The number of rotatable bonds is 7. The molecular weight excluding hydrogens is 436 g/mol. The molecule has 4 rings (SSSR count). The van der Waals surface area contributed by atoms with Crippen LogP contribution >= 0.6 is 0 Å². The standard InChI is InChI=1S/C26H24N2O6/c1-16-8-9-17(2)19(12-16)15-27-21-7-5-4-6-20(21)26(31,25(27)30)14-23(29)18-10-11-24(34-3)22(13-18)28(32)33/h4-13,31H,14-15H2,1-3H3/t26-/m1/s1. The maximum Gasteiger partial charge on any atom is 0.311 e. The van der Waals surface area contributed by atoms with Gasteiger partial charge in [0.15, 0.2) is 17.1 Å². The molecule has 0 fully saturated rings. The van der Waals surface area contributed by atoms with Crippen molar-refractivity contribution in [2.45, 2.75) is 32.4 Å². The molecule has 0 radical (unpaired) electrons. The minimum atomic E-state index is -2.08. The number of nitro groups is 1. The van der Waals surface area contributed by atoms with Crippen LogP contribution in [-0.2, 0) is 16.9 Å². The zero-order valence-electron chi connectivity index (χ0n) is 19.1. The van der Waals surface area contributed by atoms with Crippen LogP contribution in [0.5, 0.6) is 5.75 Å². The lowest BCUT2D eigenvalue weighted by atomic mass is 9.88. The number of benzene rings is 3. The van der Waals surface area contributed by atoms with Crippen LogP contribution in [0.4, 0.5) is 11.4 Å². The number of amides is 1. The zero-order chi connectivity index (χ0) is 24.6. The topological polar surface area (TPSA) is 110 Å². The summed E-state index contributed by atoms with van der Waals surface area (Å²) in [5.74, 6) is -1.18. The number of hydrogen-bond acceptors (Lipinski definition) is 6. The van der Waals surface area contributed by atoms with Gasteiger partial charge in [0.05, 0.1) is 30.7 Å². The Morgan fingerprint density at radius 2 is 1.85 bits per heavy atom. The average Bonchev–Trinajstić information content (AvgIpc) is 3.02. The Hall–Kier alpha value is -4.04. The molecule has 1 aliphatic rings. The Morgan fingerprint density at radius 3 is 2.56 bits per heavy atom. The number of aryl methyl sites for hydroxylation is 2. The average molecular weight is 460 g/mol. The third-order valence-electron chi connectivity index (χ3n) is 6.19. The number of fused-ring (bicyclic) bond motifs is 1. The Labute approximate surface area is 196 Å². The first-order valence-corrected chi connectivity index (χ1v) is 10.7. The van der Waals surface area contributed by atoms with Crippen LogP contribution in [0, 0.1) is 24.0 Å². The lowest BCUT2D eigenvalue weighted by Crippen LogP contribution is -2.41. The third-order valence-corrected chi connectivity index (χ3v) is 6.19. The van der Waals surface area contributed by atoms with Gasteiger partial charge < -0.3 is 14.7 Å². The van der Waals surface area contributed by atoms with Crippen molar-refractivity contribution in [3.8, 4) is 5.75 Å².